The fourth-order valence-corrected chi connectivity index (χ4v) is 3.06. The van der Waals surface area contributed by atoms with Crippen LogP contribution in [0.1, 0.15) is 24.0 Å². The van der Waals surface area contributed by atoms with E-state index in [1.54, 1.807) is 0 Å². The summed E-state index contributed by atoms with van der Waals surface area (Å²) < 4.78 is 37.8. The van der Waals surface area contributed by atoms with E-state index in [0.29, 0.717) is 24.1 Å². The number of aliphatic imine (C=N–C) groups is 1. The van der Waals surface area contributed by atoms with Gasteiger partial charge < -0.3 is 15.5 Å². The number of rotatable bonds is 8. The fraction of sp³-hybridized carbons (Fsp3) is 0.444. The maximum absolute atomic E-state index is 12.6. The molecule has 0 bridgehead atoms. The number of para-hydroxylation sites is 1. The number of guanidine groups is 1. The Balaban J connectivity index is 1.80. The number of hydrogen-bond donors (Lipinski definition) is 2. The zero-order valence-electron chi connectivity index (χ0n) is 15.4. The van der Waals surface area contributed by atoms with E-state index in [1.807, 2.05) is 32.2 Å². The van der Waals surface area contributed by atoms with Gasteiger partial charge >= 0.3 is 6.18 Å². The summed E-state index contributed by atoms with van der Waals surface area (Å²) in [5.41, 5.74) is 0.293. The number of hydrogen-bond acceptors (Lipinski definition) is 4. The zero-order valence-corrected chi connectivity index (χ0v) is 16.2. The van der Waals surface area contributed by atoms with Gasteiger partial charge in [-0.05, 0) is 25.5 Å². The van der Waals surface area contributed by atoms with E-state index >= 15 is 0 Å². The van der Waals surface area contributed by atoms with Crippen LogP contribution in [0, 0.1) is 0 Å². The molecule has 0 fully saturated rings. The van der Waals surface area contributed by atoms with Gasteiger partial charge in [0, 0.05) is 37.7 Å². The third kappa shape index (κ3) is 7.09. The topological polar surface area (TPSA) is 52.6 Å². The SMILES string of the molecule is CCNC(=NCc1nc(C(F)(F)F)cs1)NCCCN(C)c1ccccc1. The Morgan fingerprint density at radius 1 is 1.22 bits per heavy atom. The zero-order chi connectivity index (χ0) is 19.7. The highest BCUT2D eigenvalue weighted by Gasteiger charge is 2.33. The van der Waals surface area contributed by atoms with E-state index < -0.39 is 11.9 Å². The summed E-state index contributed by atoms with van der Waals surface area (Å²) in [5, 5.41) is 7.65. The summed E-state index contributed by atoms with van der Waals surface area (Å²) in [4.78, 5) is 10.1. The molecule has 1 aromatic carbocycles. The van der Waals surface area contributed by atoms with Crippen molar-refractivity contribution in [1.29, 1.82) is 0 Å². The first kappa shape index (κ1) is 21.0. The smallest absolute Gasteiger partial charge is 0.375 e. The number of nitrogens with zero attached hydrogens (tertiary/aromatic N) is 3. The molecule has 0 spiro atoms. The minimum Gasteiger partial charge on any atom is -0.375 e. The van der Waals surface area contributed by atoms with E-state index in [0.717, 1.165) is 35.4 Å². The van der Waals surface area contributed by atoms with Gasteiger partial charge in [-0.25, -0.2) is 9.98 Å². The molecule has 0 saturated heterocycles. The summed E-state index contributed by atoms with van der Waals surface area (Å²) in [6, 6.07) is 10.1. The lowest BCUT2D eigenvalue weighted by atomic mass is 10.3. The molecule has 5 nitrogen and oxygen atoms in total. The Labute approximate surface area is 161 Å². The highest BCUT2D eigenvalue weighted by molar-refractivity contribution is 7.09. The van der Waals surface area contributed by atoms with Crippen LogP contribution >= 0.6 is 11.3 Å². The number of aromatic nitrogens is 1. The van der Waals surface area contributed by atoms with E-state index in [9.17, 15) is 13.2 Å². The second kappa shape index (κ2) is 10.1. The maximum atomic E-state index is 12.6. The van der Waals surface area contributed by atoms with Crippen molar-refractivity contribution in [3.8, 4) is 0 Å². The molecular weight excluding hydrogens is 375 g/mol. The van der Waals surface area contributed by atoms with Gasteiger partial charge in [0.1, 0.15) is 5.01 Å². The average molecular weight is 399 g/mol. The van der Waals surface area contributed by atoms with Crippen molar-refractivity contribution in [3.63, 3.8) is 0 Å². The van der Waals surface area contributed by atoms with Crippen LogP contribution in [0.3, 0.4) is 0 Å². The molecule has 2 rings (SSSR count). The number of nitrogens with one attached hydrogen (secondary N) is 2. The highest BCUT2D eigenvalue weighted by atomic mass is 32.1. The highest BCUT2D eigenvalue weighted by Crippen LogP contribution is 2.30. The van der Waals surface area contributed by atoms with E-state index in [1.165, 1.54) is 0 Å². The van der Waals surface area contributed by atoms with Crippen molar-refractivity contribution in [1.82, 2.24) is 15.6 Å². The molecule has 0 atom stereocenters. The molecule has 2 aromatic rings. The maximum Gasteiger partial charge on any atom is 0.434 e. The lowest BCUT2D eigenvalue weighted by molar-refractivity contribution is -0.140. The molecule has 27 heavy (non-hydrogen) atoms. The molecule has 1 heterocycles. The molecular formula is C18H24F3N5S. The summed E-state index contributed by atoms with van der Waals surface area (Å²) >= 11 is 0.966. The molecule has 0 unspecified atom stereocenters. The van der Waals surface area contributed by atoms with Crippen molar-refractivity contribution in [2.45, 2.75) is 26.1 Å². The fourth-order valence-electron chi connectivity index (χ4n) is 2.34. The molecule has 9 heteroatoms. The van der Waals surface area contributed by atoms with Gasteiger partial charge in [0.15, 0.2) is 11.7 Å². The minimum atomic E-state index is -4.41. The number of alkyl halides is 3. The molecule has 2 N–H and O–H groups in total. The Morgan fingerprint density at radius 3 is 2.59 bits per heavy atom. The van der Waals surface area contributed by atoms with Crippen molar-refractivity contribution < 1.29 is 13.2 Å². The minimum absolute atomic E-state index is 0.111. The first-order valence-corrected chi connectivity index (χ1v) is 9.58. The molecule has 0 aliphatic carbocycles. The largest absolute Gasteiger partial charge is 0.434 e. The Morgan fingerprint density at radius 2 is 1.96 bits per heavy atom. The number of benzene rings is 1. The Hall–Kier alpha value is -2.29. The van der Waals surface area contributed by atoms with Gasteiger partial charge in [0.25, 0.3) is 0 Å². The summed E-state index contributed by atoms with van der Waals surface area (Å²) in [5.74, 6) is 0.573. The van der Waals surface area contributed by atoms with Gasteiger partial charge in [-0.1, -0.05) is 18.2 Å². The molecule has 0 radical (unpaired) electrons. The van der Waals surface area contributed by atoms with Crippen molar-refractivity contribution in [2.24, 2.45) is 4.99 Å². The third-order valence-electron chi connectivity index (χ3n) is 3.72. The van der Waals surface area contributed by atoms with Crippen LogP contribution in [0.2, 0.25) is 0 Å². The van der Waals surface area contributed by atoms with Crippen LogP contribution < -0.4 is 15.5 Å². The number of halogens is 3. The van der Waals surface area contributed by atoms with Crippen LogP contribution in [-0.4, -0.2) is 37.6 Å². The molecule has 148 valence electrons. The van der Waals surface area contributed by atoms with Gasteiger partial charge in [-0.2, -0.15) is 13.2 Å². The second-order valence-electron chi connectivity index (χ2n) is 5.86. The average Bonchev–Trinajstić information content (AvgIpc) is 3.13. The summed E-state index contributed by atoms with van der Waals surface area (Å²) in [6.07, 6.45) is -3.52. The lowest BCUT2D eigenvalue weighted by Gasteiger charge is -2.19. The van der Waals surface area contributed by atoms with Gasteiger partial charge in [-0.3, -0.25) is 0 Å². The number of thiazole rings is 1. The molecule has 1 aromatic heterocycles. The molecule has 0 aliphatic rings. The van der Waals surface area contributed by atoms with Crippen LogP contribution in [0.25, 0.3) is 0 Å². The van der Waals surface area contributed by atoms with E-state index in [4.69, 9.17) is 0 Å². The van der Waals surface area contributed by atoms with Gasteiger partial charge in [-0.15, -0.1) is 11.3 Å². The van der Waals surface area contributed by atoms with Crippen molar-refractivity contribution in [3.05, 3.63) is 46.4 Å². The first-order chi connectivity index (χ1) is 12.9. The monoisotopic (exact) mass is 399 g/mol. The predicted octanol–water partition coefficient (Wildman–Crippen LogP) is 3.74. The summed E-state index contributed by atoms with van der Waals surface area (Å²) in [6.45, 7) is 4.29. The Kier molecular flexibility index (Phi) is 7.90. The lowest BCUT2D eigenvalue weighted by Crippen LogP contribution is -2.38. The van der Waals surface area contributed by atoms with Gasteiger partial charge in [0.05, 0.1) is 6.54 Å². The molecule has 0 saturated carbocycles. The Bertz CT molecular complexity index is 715. The standard InChI is InChI=1S/C18H24F3N5S/c1-3-22-17(24-12-16-25-15(13-27-16)18(19,20)21)23-10-7-11-26(2)14-8-5-4-6-9-14/h4-6,8-9,13H,3,7,10-12H2,1-2H3,(H2,22,23,24). The normalized spacial score (nSPS) is 12.1. The predicted molar refractivity (Wildman–Crippen MR) is 104 cm³/mol. The van der Waals surface area contributed by atoms with E-state index in [2.05, 4.69) is 37.6 Å². The number of anilines is 1. The van der Waals surface area contributed by atoms with Crippen molar-refractivity contribution >= 4 is 23.0 Å². The van der Waals surface area contributed by atoms with Crippen LogP contribution in [-0.2, 0) is 12.7 Å². The molecule has 0 aliphatic heterocycles. The molecule has 0 amide bonds. The van der Waals surface area contributed by atoms with Gasteiger partial charge in [0.2, 0.25) is 0 Å². The van der Waals surface area contributed by atoms with Crippen LogP contribution in [0.5, 0.6) is 0 Å². The second-order valence-corrected chi connectivity index (χ2v) is 6.80. The quantitative estimate of drug-likeness (QED) is 0.403. The summed E-state index contributed by atoms with van der Waals surface area (Å²) in [7, 11) is 2.04. The van der Waals surface area contributed by atoms with E-state index in [-0.39, 0.29) is 6.54 Å². The third-order valence-corrected chi connectivity index (χ3v) is 4.55. The van der Waals surface area contributed by atoms with Crippen LogP contribution in [0.15, 0.2) is 40.7 Å². The van der Waals surface area contributed by atoms with Crippen molar-refractivity contribution in [2.75, 3.05) is 31.6 Å². The van der Waals surface area contributed by atoms with Crippen LogP contribution in [0.4, 0.5) is 18.9 Å². The first-order valence-electron chi connectivity index (χ1n) is 8.70.